The van der Waals surface area contributed by atoms with E-state index in [4.69, 9.17) is 17.3 Å². The molecule has 0 aliphatic carbocycles. The average molecular weight is 357 g/mol. The van der Waals surface area contributed by atoms with Crippen LogP contribution in [0.3, 0.4) is 0 Å². The summed E-state index contributed by atoms with van der Waals surface area (Å²) in [4.78, 5) is 2.61. The van der Waals surface area contributed by atoms with Crippen LogP contribution in [0, 0.1) is 0 Å². The van der Waals surface area contributed by atoms with Gasteiger partial charge in [0.05, 0.1) is 0 Å². The van der Waals surface area contributed by atoms with Gasteiger partial charge in [-0.05, 0) is 36.1 Å². The zero-order valence-electron chi connectivity index (χ0n) is 15.1. The van der Waals surface area contributed by atoms with Crippen molar-refractivity contribution in [2.75, 3.05) is 6.54 Å². The molecule has 0 spiro atoms. The molecule has 25 heavy (non-hydrogen) atoms. The van der Waals surface area contributed by atoms with E-state index in [0.717, 1.165) is 23.6 Å². The van der Waals surface area contributed by atoms with Gasteiger partial charge in [-0.1, -0.05) is 80.3 Å². The maximum Gasteiger partial charge on any atom is 0.0454 e. The first-order valence-electron chi connectivity index (χ1n) is 9.52. The Morgan fingerprint density at radius 3 is 2.48 bits per heavy atom. The number of halogens is 1. The molecule has 3 rings (SSSR count). The molecule has 2 nitrogen and oxygen atoms in total. The molecular weight excluding hydrogens is 328 g/mol. The lowest BCUT2D eigenvalue weighted by atomic mass is 9.86. The zero-order chi connectivity index (χ0) is 17.6. The summed E-state index contributed by atoms with van der Waals surface area (Å²) in [5.74, 6) is 0. The molecule has 1 saturated heterocycles. The van der Waals surface area contributed by atoms with Gasteiger partial charge in [0, 0.05) is 29.7 Å². The number of likely N-dealkylation sites (tertiary alicyclic amines) is 1. The van der Waals surface area contributed by atoms with Crippen molar-refractivity contribution in [2.45, 2.75) is 57.2 Å². The molecule has 1 heterocycles. The topological polar surface area (TPSA) is 29.3 Å². The Balaban J connectivity index is 1.76. The van der Waals surface area contributed by atoms with Crippen molar-refractivity contribution in [3.63, 3.8) is 0 Å². The van der Waals surface area contributed by atoms with Gasteiger partial charge in [0.25, 0.3) is 0 Å². The number of benzene rings is 2. The van der Waals surface area contributed by atoms with Gasteiger partial charge in [0.15, 0.2) is 0 Å². The predicted octanol–water partition coefficient (Wildman–Crippen LogP) is 5.74. The van der Waals surface area contributed by atoms with Crippen LogP contribution in [0.5, 0.6) is 0 Å². The third-order valence-corrected chi connectivity index (χ3v) is 5.66. The van der Waals surface area contributed by atoms with Crippen LogP contribution in [0.2, 0.25) is 5.02 Å². The molecule has 1 fully saturated rings. The smallest absolute Gasteiger partial charge is 0.0454 e. The maximum atomic E-state index is 6.63. The molecule has 0 bridgehead atoms. The molecule has 1 unspecified atom stereocenters. The Bertz CT molecular complexity index is 658. The molecule has 2 N–H and O–H groups in total. The van der Waals surface area contributed by atoms with Crippen LogP contribution in [0.1, 0.15) is 62.2 Å². The van der Waals surface area contributed by atoms with Gasteiger partial charge in [0.2, 0.25) is 0 Å². The second-order valence-electron chi connectivity index (χ2n) is 7.10. The molecule has 2 aromatic rings. The van der Waals surface area contributed by atoms with Crippen molar-refractivity contribution in [1.82, 2.24) is 4.90 Å². The van der Waals surface area contributed by atoms with Crippen LogP contribution >= 0.6 is 11.6 Å². The fourth-order valence-electron chi connectivity index (χ4n) is 3.92. The Labute approximate surface area is 157 Å². The summed E-state index contributed by atoms with van der Waals surface area (Å²) in [6, 6.07) is 19.8. The second kappa shape index (κ2) is 8.84. The summed E-state index contributed by atoms with van der Waals surface area (Å²) in [5.41, 5.74) is 9.19. The highest BCUT2D eigenvalue weighted by Gasteiger charge is 2.38. The highest BCUT2D eigenvalue weighted by atomic mass is 35.5. The van der Waals surface area contributed by atoms with Crippen LogP contribution in [-0.4, -0.2) is 17.5 Å². The van der Waals surface area contributed by atoms with Crippen molar-refractivity contribution in [3.8, 4) is 0 Å². The molecule has 134 valence electrons. The lowest BCUT2D eigenvalue weighted by Crippen LogP contribution is -2.54. The normalized spacial score (nSPS) is 20.0. The number of hydrogen-bond acceptors (Lipinski definition) is 2. The lowest BCUT2D eigenvalue weighted by Gasteiger charge is -2.49. The fraction of sp³-hybridized carbons (Fsp3) is 0.455. The Morgan fingerprint density at radius 1 is 1.08 bits per heavy atom. The summed E-state index contributed by atoms with van der Waals surface area (Å²) in [7, 11) is 0. The number of rotatable bonds is 8. The summed E-state index contributed by atoms with van der Waals surface area (Å²) >= 11 is 6.16. The highest BCUT2D eigenvalue weighted by Crippen LogP contribution is 2.39. The molecule has 1 aliphatic rings. The summed E-state index contributed by atoms with van der Waals surface area (Å²) in [6.45, 7) is 3.39. The van der Waals surface area contributed by atoms with Crippen molar-refractivity contribution in [2.24, 2.45) is 5.73 Å². The third-order valence-electron chi connectivity index (χ3n) is 5.42. The minimum absolute atomic E-state index is 0.0184. The van der Waals surface area contributed by atoms with E-state index < -0.39 is 0 Å². The largest absolute Gasteiger partial charge is 0.323 e. The minimum atomic E-state index is 0.0184. The number of hydrogen-bond donors (Lipinski definition) is 1. The van der Waals surface area contributed by atoms with E-state index in [1.165, 1.54) is 31.2 Å². The Morgan fingerprint density at radius 2 is 1.84 bits per heavy atom. The van der Waals surface area contributed by atoms with E-state index in [1.807, 2.05) is 18.2 Å². The van der Waals surface area contributed by atoms with Gasteiger partial charge in [-0.25, -0.2) is 0 Å². The SMILES string of the molecule is CCCCCC(c1ccccc1)N1CC[C@H]1[C@H](N)c1cccc(Cl)c1. The van der Waals surface area contributed by atoms with Gasteiger partial charge >= 0.3 is 0 Å². The standard InChI is InChI=1S/C22H29ClN2/c1-2-3-5-13-20(17-9-6-4-7-10-17)25-15-14-21(25)22(24)18-11-8-12-19(23)16-18/h4,6-12,16,20-22H,2-3,5,13-15,24H2,1H3/t20?,21-,22+/m0/s1. The number of nitrogens with two attached hydrogens (primary N) is 1. The van der Waals surface area contributed by atoms with E-state index in [-0.39, 0.29) is 6.04 Å². The first-order chi connectivity index (χ1) is 12.2. The highest BCUT2D eigenvalue weighted by molar-refractivity contribution is 6.30. The molecule has 0 saturated carbocycles. The first-order valence-corrected chi connectivity index (χ1v) is 9.90. The average Bonchev–Trinajstić information content (AvgIpc) is 2.60. The third kappa shape index (κ3) is 4.44. The van der Waals surface area contributed by atoms with Crippen LogP contribution < -0.4 is 5.73 Å². The van der Waals surface area contributed by atoms with Gasteiger partial charge in [-0.3, -0.25) is 4.90 Å². The van der Waals surface area contributed by atoms with Gasteiger partial charge < -0.3 is 5.73 Å². The van der Waals surface area contributed by atoms with Crippen LogP contribution in [0.4, 0.5) is 0 Å². The lowest BCUT2D eigenvalue weighted by molar-refractivity contribution is 0.0187. The molecular formula is C22H29ClN2. The molecule has 0 amide bonds. The van der Waals surface area contributed by atoms with Crippen LogP contribution in [-0.2, 0) is 0 Å². The summed E-state index contributed by atoms with van der Waals surface area (Å²) in [5, 5.41) is 0.765. The van der Waals surface area contributed by atoms with Gasteiger partial charge in [-0.15, -0.1) is 0 Å². The first kappa shape index (κ1) is 18.4. The van der Waals surface area contributed by atoms with Gasteiger partial charge in [0.1, 0.15) is 0 Å². The number of nitrogens with zero attached hydrogens (tertiary/aromatic N) is 1. The van der Waals surface area contributed by atoms with E-state index in [2.05, 4.69) is 48.2 Å². The van der Waals surface area contributed by atoms with Crippen LogP contribution in [0.15, 0.2) is 54.6 Å². The molecule has 3 heteroatoms. The molecule has 2 aromatic carbocycles. The van der Waals surface area contributed by atoms with Crippen LogP contribution in [0.25, 0.3) is 0 Å². The monoisotopic (exact) mass is 356 g/mol. The molecule has 1 aliphatic heterocycles. The maximum absolute atomic E-state index is 6.63. The minimum Gasteiger partial charge on any atom is -0.323 e. The zero-order valence-corrected chi connectivity index (χ0v) is 15.8. The second-order valence-corrected chi connectivity index (χ2v) is 7.53. The van der Waals surface area contributed by atoms with Crippen molar-refractivity contribution in [3.05, 3.63) is 70.7 Å². The van der Waals surface area contributed by atoms with E-state index >= 15 is 0 Å². The van der Waals surface area contributed by atoms with E-state index in [1.54, 1.807) is 0 Å². The summed E-state index contributed by atoms with van der Waals surface area (Å²) < 4.78 is 0. The predicted molar refractivity (Wildman–Crippen MR) is 107 cm³/mol. The van der Waals surface area contributed by atoms with E-state index in [0.29, 0.717) is 12.1 Å². The number of unbranched alkanes of at least 4 members (excludes halogenated alkanes) is 2. The molecule has 0 aromatic heterocycles. The summed E-state index contributed by atoms with van der Waals surface area (Å²) in [6.07, 6.45) is 6.18. The quantitative estimate of drug-likeness (QED) is 0.611. The fourth-order valence-corrected chi connectivity index (χ4v) is 4.12. The van der Waals surface area contributed by atoms with Crippen molar-refractivity contribution in [1.29, 1.82) is 0 Å². The van der Waals surface area contributed by atoms with Crippen molar-refractivity contribution < 1.29 is 0 Å². The Hall–Kier alpha value is -1.35. The molecule has 0 radical (unpaired) electrons. The van der Waals surface area contributed by atoms with Crippen molar-refractivity contribution >= 4 is 11.6 Å². The molecule has 3 atom stereocenters. The van der Waals surface area contributed by atoms with E-state index in [9.17, 15) is 0 Å². The van der Waals surface area contributed by atoms with Gasteiger partial charge in [-0.2, -0.15) is 0 Å². The Kier molecular flexibility index (Phi) is 6.52.